The molecule has 1 aliphatic rings. The molecular weight excluding hydrogens is 240 g/mol. The third-order valence-electron chi connectivity index (χ3n) is 3.92. The second-order valence-corrected chi connectivity index (χ2v) is 5.52. The second-order valence-electron chi connectivity index (χ2n) is 5.52. The Morgan fingerprint density at radius 3 is 2.35 bits per heavy atom. The van der Waals surface area contributed by atoms with Gasteiger partial charge in [0.1, 0.15) is 0 Å². The van der Waals surface area contributed by atoms with Crippen LogP contribution in [0.3, 0.4) is 0 Å². The summed E-state index contributed by atoms with van der Waals surface area (Å²) in [7, 11) is 0. The molecule has 1 saturated carbocycles. The van der Waals surface area contributed by atoms with E-state index in [1.807, 2.05) is 0 Å². The normalized spacial score (nSPS) is 20.0. The topological polar surface area (TPSA) is 0 Å². The first kappa shape index (κ1) is 13.0. The Balaban J connectivity index is 1.41. The van der Waals surface area contributed by atoms with E-state index in [2.05, 4.69) is 72.5 Å². The SMILES string of the molecule is C(#CC1CC1c1ccccc1)CCCc1ccccc1. The summed E-state index contributed by atoms with van der Waals surface area (Å²) in [4.78, 5) is 0. The lowest BCUT2D eigenvalue weighted by Gasteiger charge is -1.97. The standard InChI is InChI=1S/C20H20/c1-4-10-17(11-5-1)12-6-2-9-15-19-16-20(19)18-13-7-3-8-14-18/h1,3-5,7-8,10-11,13-14,19-20H,2,6,12,16H2. The third kappa shape index (κ3) is 3.52. The predicted octanol–water partition coefficient (Wildman–Crippen LogP) is 4.82. The van der Waals surface area contributed by atoms with Gasteiger partial charge in [0.15, 0.2) is 0 Å². The summed E-state index contributed by atoms with van der Waals surface area (Å²) in [6, 6.07) is 21.4. The van der Waals surface area contributed by atoms with Gasteiger partial charge >= 0.3 is 0 Å². The van der Waals surface area contributed by atoms with Crippen LogP contribution in [-0.4, -0.2) is 0 Å². The molecule has 0 heterocycles. The van der Waals surface area contributed by atoms with Crippen molar-refractivity contribution in [3.05, 3.63) is 71.8 Å². The highest BCUT2D eigenvalue weighted by Crippen LogP contribution is 2.46. The van der Waals surface area contributed by atoms with Gasteiger partial charge in [0.25, 0.3) is 0 Å². The van der Waals surface area contributed by atoms with Gasteiger partial charge in [-0.2, -0.15) is 0 Å². The van der Waals surface area contributed by atoms with Crippen LogP contribution in [0.15, 0.2) is 60.7 Å². The van der Waals surface area contributed by atoms with Crippen molar-refractivity contribution in [3.63, 3.8) is 0 Å². The fourth-order valence-electron chi connectivity index (χ4n) is 2.65. The van der Waals surface area contributed by atoms with Crippen molar-refractivity contribution < 1.29 is 0 Å². The first-order valence-electron chi connectivity index (χ1n) is 7.51. The molecule has 0 bridgehead atoms. The zero-order valence-corrected chi connectivity index (χ0v) is 11.8. The Morgan fingerprint density at radius 2 is 1.60 bits per heavy atom. The highest BCUT2D eigenvalue weighted by Gasteiger charge is 2.36. The van der Waals surface area contributed by atoms with Gasteiger partial charge in [-0.05, 0) is 36.3 Å². The minimum absolute atomic E-state index is 0.606. The average Bonchev–Trinajstić information content (AvgIpc) is 3.28. The Kier molecular flexibility index (Phi) is 4.19. The minimum atomic E-state index is 0.606. The maximum atomic E-state index is 3.44. The molecule has 20 heavy (non-hydrogen) atoms. The lowest BCUT2D eigenvalue weighted by molar-refractivity contribution is 0.856. The van der Waals surface area contributed by atoms with Crippen molar-refractivity contribution in [1.82, 2.24) is 0 Å². The summed E-state index contributed by atoms with van der Waals surface area (Å²) in [5.41, 5.74) is 2.87. The average molecular weight is 260 g/mol. The summed E-state index contributed by atoms with van der Waals surface area (Å²) in [5, 5.41) is 0. The Hall–Kier alpha value is -2.00. The molecule has 0 aromatic heterocycles. The van der Waals surface area contributed by atoms with Gasteiger partial charge in [-0.15, -0.1) is 5.92 Å². The van der Waals surface area contributed by atoms with E-state index in [-0.39, 0.29) is 0 Å². The molecule has 1 aliphatic carbocycles. The molecule has 0 N–H and O–H groups in total. The Labute approximate surface area is 121 Å². The second kappa shape index (κ2) is 6.44. The van der Waals surface area contributed by atoms with Crippen LogP contribution in [0.1, 0.15) is 36.3 Å². The minimum Gasteiger partial charge on any atom is -0.103 e. The highest BCUT2D eigenvalue weighted by molar-refractivity contribution is 5.30. The molecule has 0 spiro atoms. The van der Waals surface area contributed by atoms with E-state index in [0.29, 0.717) is 11.8 Å². The molecule has 2 unspecified atom stereocenters. The van der Waals surface area contributed by atoms with E-state index in [1.165, 1.54) is 24.0 Å². The van der Waals surface area contributed by atoms with Crippen LogP contribution in [0.4, 0.5) is 0 Å². The van der Waals surface area contributed by atoms with Gasteiger partial charge in [0.2, 0.25) is 0 Å². The largest absolute Gasteiger partial charge is 0.103 e. The van der Waals surface area contributed by atoms with Crippen LogP contribution in [0.5, 0.6) is 0 Å². The van der Waals surface area contributed by atoms with Gasteiger partial charge in [-0.1, -0.05) is 66.6 Å². The highest BCUT2D eigenvalue weighted by atomic mass is 14.4. The van der Waals surface area contributed by atoms with Gasteiger partial charge < -0.3 is 0 Å². The maximum absolute atomic E-state index is 3.44. The molecule has 2 aromatic carbocycles. The number of aryl methyl sites for hydroxylation is 1. The van der Waals surface area contributed by atoms with Crippen molar-refractivity contribution in [3.8, 4) is 11.8 Å². The Bertz CT molecular complexity index is 586. The summed E-state index contributed by atoms with van der Waals surface area (Å²) in [6.45, 7) is 0. The molecule has 100 valence electrons. The monoisotopic (exact) mass is 260 g/mol. The first-order chi connectivity index (χ1) is 9.93. The number of hydrogen-bond donors (Lipinski definition) is 0. The fraction of sp³-hybridized carbons (Fsp3) is 0.300. The molecule has 0 nitrogen and oxygen atoms in total. The summed E-state index contributed by atoms with van der Waals surface area (Å²) in [5.74, 6) is 8.11. The molecule has 1 fully saturated rings. The van der Waals surface area contributed by atoms with Gasteiger partial charge in [0.05, 0.1) is 0 Å². The van der Waals surface area contributed by atoms with E-state index in [1.54, 1.807) is 0 Å². The van der Waals surface area contributed by atoms with E-state index in [4.69, 9.17) is 0 Å². The number of hydrogen-bond acceptors (Lipinski definition) is 0. The molecule has 2 atom stereocenters. The van der Waals surface area contributed by atoms with Crippen LogP contribution >= 0.6 is 0 Å². The first-order valence-corrected chi connectivity index (χ1v) is 7.51. The number of unbranched alkanes of at least 4 members (excludes halogenated alkanes) is 1. The third-order valence-corrected chi connectivity index (χ3v) is 3.92. The summed E-state index contributed by atoms with van der Waals surface area (Å²) >= 11 is 0. The van der Waals surface area contributed by atoms with E-state index < -0.39 is 0 Å². The van der Waals surface area contributed by atoms with Crippen LogP contribution in [0, 0.1) is 17.8 Å². The zero-order valence-electron chi connectivity index (χ0n) is 11.8. The molecule has 0 heteroatoms. The van der Waals surface area contributed by atoms with Crippen LogP contribution in [0.2, 0.25) is 0 Å². The molecule has 0 amide bonds. The van der Waals surface area contributed by atoms with Crippen LogP contribution < -0.4 is 0 Å². The number of rotatable bonds is 4. The van der Waals surface area contributed by atoms with Gasteiger partial charge in [-0.25, -0.2) is 0 Å². The van der Waals surface area contributed by atoms with Crippen molar-refractivity contribution in [1.29, 1.82) is 0 Å². The molecule has 0 saturated heterocycles. The van der Waals surface area contributed by atoms with Crippen molar-refractivity contribution in [2.24, 2.45) is 5.92 Å². The van der Waals surface area contributed by atoms with Gasteiger partial charge in [-0.3, -0.25) is 0 Å². The van der Waals surface area contributed by atoms with E-state index in [9.17, 15) is 0 Å². The van der Waals surface area contributed by atoms with Crippen LogP contribution in [-0.2, 0) is 6.42 Å². The smallest absolute Gasteiger partial charge is 0.0278 e. The lowest BCUT2D eigenvalue weighted by atomic mass is 10.1. The molecule has 0 radical (unpaired) electrons. The molecule has 2 aromatic rings. The summed E-state index contributed by atoms with van der Waals surface area (Å²) in [6.07, 6.45) is 4.57. The fourth-order valence-corrected chi connectivity index (χ4v) is 2.65. The van der Waals surface area contributed by atoms with E-state index in [0.717, 1.165) is 12.8 Å². The predicted molar refractivity (Wildman–Crippen MR) is 84.4 cm³/mol. The van der Waals surface area contributed by atoms with Crippen molar-refractivity contribution in [2.45, 2.75) is 31.6 Å². The van der Waals surface area contributed by atoms with E-state index >= 15 is 0 Å². The molecule has 0 aliphatic heterocycles. The summed E-state index contributed by atoms with van der Waals surface area (Å²) < 4.78 is 0. The maximum Gasteiger partial charge on any atom is 0.0278 e. The molecular formula is C20H20. The number of benzene rings is 2. The van der Waals surface area contributed by atoms with Crippen LogP contribution in [0.25, 0.3) is 0 Å². The Morgan fingerprint density at radius 1 is 0.900 bits per heavy atom. The molecule has 3 rings (SSSR count). The van der Waals surface area contributed by atoms with Crippen molar-refractivity contribution in [2.75, 3.05) is 0 Å². The van der Waals surface area contributed by atoms with Gasteiger partial charge in [0, 0.05) is 12.3 Å². The van der Waals surface area contributed by atoms with Crippen molar-refractivity contribution >= 4 is 0 Å². The zero-order chi connectivity index (χ0) is 13.6. The lowest BCUT2D eigenvalue weighted by Crippen LogP contribution is -1.83. The quantitative estimate of drug-likeness (QED) is 0.546.